The van der Waals surface area contributed by atoms with E-state index < -0.39 is 11.9 Å². The Morgan fingerprint density at radius 2 is 2.04 bits per heavy atom. The molecule has 0 unspecified atom stereocenters. The Bertz CT molecular complexity index is 503. The number of thiazole rings is 1. The summed E-state index contributed by atoms with van der Waals surface area (Å²) in [4.78, 5) is 7.66. The molecule has 1 rings (SSSR count). The quantitative estimate of drug-likeness (QED) is 0.401. The molecule has 1 aromatic heterocycles. The topological polar surface area (TPSA) is 58.5 Å². The van der Waals surface area contributed by atoms with Gasteiger partial charge in [-0.05, 0) is 12.3 Å². The van der Waals surface area contributed by atoms with Crippen molar-refractivity contribution in [3.05, 3.63) is 16.1 Å². The SMILES string of the molecule is CN=C(NCCCOCC(C)C)NCCc1nc(C(F)(F)F)cs1. The summed E-state index contributed by atoms with van der Waals surface area (Å²) in [5, 5.41) is 7.69. The van der Waals surface area contributed by atoms with Crippen LogP contribution in [0.5, 0.6) is 0 Å². The lowest BCUT2D eigenvalue weighted by Crippen LogP contribution is -2.39. The van der Waals surface area contributed by atoms with E-state index in [0.29, 0.717) is 43.0 Å². The number of halogens is 3. The lowest BCUT2D eigenvalue weighted by Gasteiger charge is -2.12. The van der Waals surface area contributed by atoms with Gasteiger partial charge < -0.3 is 15.4 Å². The summed E-state index contributed by atoms with van der Waals surface area (Å²) in [6.45, 7) is 6.82. The molecule has 0 aliphatic heterocycles. The molecular weight excluding hydrogens is 341 g/mol. The molecular formula is C15H25F3N4OS. The van der Waals surface area contributed by atoms with Crippen molar-refractivity contribution in [2.45, 2.75) is 32.9 Å². The Labute approximate surface area is 144 Å². The predicted octanol–water partition coefficient (Wildman–Crippen LogP) is 2.93. The number of rotatable bonds is 9. The Morgan fingerprint density at radius 3 is 2.62 bits per heavy atom. The third-order valence-electron chi connectivity index (χ3n) is 2.91. The smallest absolute Gasteiger partial charge is 0.381 e. The first-order valence-electron chi connectivity index (χ1n) is 7.86. The molecule has 9 heteroatoms. The van der Waals surface area contributed by atoms with Crippen molar-refractivity contribution in [1.29, 1.82) is 0 Å². The molecule has 0 saturated carbocycles. The van der Waals surface area contributed by atoms with E-state index >= 15 is 0 Å². The van der Waals surface area contributed by atoms with E-state index in [9.17, 15) is 13.2 Å². The van der Waals surface area contributed by atoms with E-state index in [0.717, 1.165) is 29.7 Å². The highest BCUT2D eigenvalue weighted by Crippen LogP contribution is 2.29. The van der Waals surface area contributed by atoms with Crippen LogP contribution in [-0.2, 0) is 17.3 Å². The number of hydrogen-bond donors (Lipinski definition) is 2. The molecule has 2 N–H and O–H groups in total. The van der Waals surface area contributed by atoms with Crippen LogP contribution in [0.2, 0.25) is 0 Å². The van der Waals surface area contributed by atoms with E-state index in [4.69, 9.17) is 4.74 Å². The van der Waals surface area contributed by atoms with Gasteiger partial charge in [0, 0.05) is 45.2 Å². The zero-order valence-electron chi connectivity index (χ0n) is 14.2. The fraction of sp³-hybridized carbons (Fsp3) is 0.733. The van der Waals surface area contributed by atoms with Gasteiger partial charge in [0.2, 0.25) is 0 Å². The maximum Gasteiger partial charge on any atom is 0.434 e. The molecule has 0 radical (unpaired) electrons. The number of guanidine groups is 1. The average Bonchev–Trinajstić information content (AvgIpc) is 2.97. The van der Waals surface area contributed by atoms with Gasteiger partial charge in [0.05, 0.1) is 5.01 Å². The molecule has 0 spiro atoms. The molecule has 24 heavy (non-hydrogen) atoms. The maximum atomic E-state index is 12.5. The van der Waals surface area contributed by atoms with Crippen molar-refractivity contribution in [3.63, 3.8) is 0 Å². The summed E-state index contributed by atoms with van der Waals surface area (Å²) in [5.41, 5.74) is -0.827. The van der Waals surface area contributed by atoms with E-state index in [1.807, 2.05) is 0 Å². The highest BCUT2D eigenvalue weighted by Gasteiger charge is 2.33. The first-order valence-corrected chi connectivity index (χ1v) is 8.74. The highest BCUT2D eigenvalue weighted by atomic mass is 32.1. The van der Waals surface area contributed by atoms with Crippen LogP contribution in [-0.4, -0.2) is 44.3 Å². The van der Waals surface area contributed by atoms with Crippen molar-refractivity contribution < 1.29 is 17.9 Å². The van der Waals surface area contributed by atoms with Crippen molar-refractivity contribution in [2.75, 3.05) is 33.4 Å². The Balaban J connectivity index is 2.19. The van der Waals surface area contributed by atoms with Crippen LogP contribution in [0.4, 0.5) is 13.2 Å². The zero-order chi connectivity index (χ0) is 18.0. The first-order chi connectivity index (χ1) is 11.3. The summed E-state index contributed by atoms with van der Waals surface area (Å²) in [6.07, 6.45) is -3.11. The fourth-order valence-electron chi connectivity index (χ4n) is 1.76. The van der Waals surface area contributed by atoms with E-state index in [2.05, 4.69) is 34.5 Å². The first kappa shape index (κ1) is 20.7. The molecule has 0 aromatic carbocycles. The zero-order valence-corrected chi connectivity index (χ0v) is 15.1. The van der Waals surface area contributed by atoms with Gasteiger partial charge in [0.1, 0.15) is 0 Å². The normalized spacial score (nSPS) is 12.7. The second-order valence-corrected chi connectivity index (χ2v) is 6.56. The van der Waals surface area contributed by atoms with Crippen LogP contribution in [0.1, 0.15) is 31.0 Å². The van der Waals surface area contributed by atoms with E-state index in [-0.39, 0.29) is 0 Å². The number of aromatic nitrogens is 1. The molecule has 0 aliphatic rings. The number of alkyl halides is 3. The second kappa shape index (κ2) is 10.5. The Morgan fingerprint density at radius 1 is 1.33 bits per heavy atom. The lowest BCUT2D eigenvalue weighted by atomic mass is 10.2. The summed E-state index contributed by atoms with van der Waals surface area (Å²) >= 11 is 1.02. The van der Waals surface area contributed by atoms with Crippen molar-refractivity contribution in [3.8, 4) is 0 Å². The average molecular weight is 366 g/mol. The van der Waals surface area contributed by atoms with Crippen molar-refractivity contribution >= 4 is 17.3 Å². The number of nitrogens with one attached hydrogen (secondary N) is 2. The summed E-state index contributed by atoms with van der Waals surface area (Å²) in [5.74, 6) is 1.14. The highest BCUT2D eigenvalue weighted by molar-refractivity contribution is 7.09. The van der Waals surface area contributed by atoms with E-state index in [1.54, 1.807) is 7.05 Å². The molecule has 0 fully saturated rings. The number of aliphatic imine (C=N–C) groups is 1. The minimum Gasteiger partial charge on any atom is -0.381 e. The van der Waals surface area contributed by atoms with Crippen molar-refractivity contribution in [2.24, 2.45) is 10.9 Å². The number of nitrogens with zero attached hydrogens (tertiary/aromatic N) is 2. The largest absolute Gasteiger partial charge is 0.434 e. The van der Waals surface area contributed by atoms with Crippen molar-refractivity contribution in [1.82, 2.24) is 15.6 Å². The minimum absolute atomic E-state index is 0.416. The van der Waals surface area contributed by atoms with Gasteiger partial charge in [-0.2, -0.15) is 13.2 Å². The third kappa shape index (κ3) is 8.49. The Hall–Kier alpha value is -1.35. The minimum atomic E-state index is -4.38. The van der Waals surface area contributed by atoms with Crippen LogP contribution in [0.3, 0.4) is 0 Å². The number of hydrogen-bond acceptors (Lipinski definition) is 4. The number of ether oxygens (including phenoxy) is 1. The molecule has 0 aliphatic carbocycles. The van der Waals surface area contributed by atoms with Gasteiger partial charge in [0.25, 0.3) is 0 Å². The predicted molar refractivity (Wildman–Crippen MR) is 90.5 cm³/mol. The molecule has 1 heterocycles. The van der Waals surface area contributed by atoms with Crippen LogP contribution >= 0.6 is 11.3 Å². The fourth-order valence-corrected chi connectivity index (χ4v) is 2.57. The van der Waals surface area contributed by atoms with Crippen LogP contribution in [0.15, 0.2) is 10.4 Å². The van der Waals surface area contributed by atoms with E-state index in [1.165, 1.54) is 0 Å². The van der Waals surface area contributed by atoms with Gasteiger partial charge in [0.15, 0.2) is 11.7 Å². The molecule has 0 amide bonds. The molecule has 0 bridgehead atoms. The van der Waals surface area contributed by atoms with Gasteiger partial charge >= 0.3 is 6.18 Å². The monoisotopic (exact) mass is 366 g/mol. The maximum absolute atomic E-state index is 12.5. The van der Waals surface area contributed by atoms with Crippen LogP contribution in [0, 0.1) is 5.92 Å². The van der Waals surface area contributed by atoms with Gasteiger partial charge in [-0.15, -0.1) is 11.3 Å². The molecule has 0 atom stereocenters. The molecule has 1 aromatic rings. The molecule has 138 valence electrons. The van der Waals surface area contributed by atoms with Crippen LogP contribution < -0.4 is 10.6 Å². The summed E-state index contributed by atoms with van der Waals surface area (Å²) < 4.78 is 42.9. The van der Waals surface area contributed by atoms with Gasteiger partial charge in [-0.3, -0.25) is 4.99 Å². The summed E-state index contributed by atoms with van der Waals surface area (Å²) in [6, 6.07) is 0. The van der Waals surface area contributed by atoms with Gasteiger partial charge in [-0.1, -0.05) is 13.8 Å². The third-order valence-corrected chi connectivity index (χ3v) is 3.81. The Kier molecular flexibility index (Phi) is 9.05. The summed E-state index contributed by atoms with van der Waals surface area (Å²) in [7, 11) is 1.65. The standard InChI is InChI=1S/C15H25F3N4OS/c1-11(2)9-23-8-4-6-20-14(19-3)21-7-5-13-22-12(10-24-13)15(16,17)18/h10-11H,4-9H2,1-3H3,(H2,19,20,21). The lowest BCUT2D eigenvalue weighted by molar-refractivity contribution is -0.140. The molecule has 0 saturated heterocycles. The second-order valence-electron chi connectivity index (χ2n) is 5.62. The van der Waals surface area contributed by atoms with Crippen LogP contribution in [0.25, 0.3) is 0 Å². The molecule has 5 nitrogen and oxygen atoms in total. The van der Waals surface area contributed by atoms with Gasteiger partial charge in [-0.25, -0.2) is 4.98 Å².